The molecule has 214 valence electrons. The molecule has 0 radical (unpaired) electrons. The van der Waals surface area contributed by atoms with Crippen LogP contribution in [-0.4, -0.2) is 112 Å². The van der Waals surface area contributed by atoms with Crippen LogP contribution >= 0.6 is 0 Å². The molecule has 1 unspecified atom stereocenters. The van der Waals surface area contributed by atoms with Gasteiger partial charge in [-0.05, 0) is 53.1 Å². The third kappa shape index (κ3) is 18.8. The molecule has 0 aliphatic carbocycles. The van der Waals surface area contributed by atoms with Crippen LogP contribution in [0.25, 0.3) is 0 Å². The van der Waals surface area contributed by atoms with Gasteiger partial charge < -0.3 is 57.8 Å². The van der Waals surface area contributed by atoms with E-state index >= 15 is 0 Å². The lowest BCUT2D eigenvalue weighted by atomic mass is 10.3. The minimum absolute atomic E-state index is 0.389. The molecule has 0 aliphatic rings. The van der Waals surface area contributed by atoms with Crippen molar-refractivity contribution in [3.05, 3.63) is 0 Å². The maximum Gasteiger partial charge on any atom is 0.681 e. The molecule has 14 heteroatoms. The van der Waals surface area contributed by atoms with Gasteiger partial charge in [0.05, 0.1) is 0 Å². The first-order valence-electron chi connectivity index (χ1n) is 12.5. The zero-order valence-electron chi connectivity index (χ0n) is 23.2. The zero-order valence-corrected chi connectivity index (χ0v) is 25.2. The molecule has 0 spiro atoms. The molecule has 12 nitrogen and oxygen atoms in total. The molecule has 0 saturated heterocycles. The minimum atomic E-state index is -3.11. The summed E-state index contributed by atoms with van der Waals surface area (Å²) in [5, 5.41) is 6.45. The highest BCUT2D eigenvalue weighted by atomic mass is 28.4. The van der Waals surface area contributed by atoms with Crippen molar-refractivity contribution < 1.29 is 35.7 Å². The summed E-state index contributed by atoms with van der Waals surface area (Å²) in [7, 11) is 0.980. The van der Waals surface area contributed by atoms with Crippen LogP contribution in [-0.2, 0) is 35.7 Å². The molecular formula is C21H54N4O8Si2. The second kappa shape index (κ2) is 25.6. The van der Waals surface area contributed by atoms with E-state index in [1.165, 1.54) is 0 Å². The van der Waals surface area contributed by atoms with Gasteiger partial charge in [-0.3, -0.25) is 0 Å². The smallest absolute Gasteiger partial charge is 0.377 e. The first-order valence-corrected chi connectivity index (χ1v) is 16.1. The first kappa shape index (κ1) is 37.1. The Morgan fingerprint density at radius 1 is 0.686 bits per heavy atom. The van der Waals surface area contributed by atoms with E-state index in [-0.39, 0.29) is 6.29 Å². The predicted molar refractivity (Wildman–Crippen MR) is 142 cm³/mol. The number of hydrogen-bond acceptors (Lipinski definition) is 12. The third-order valence-corrected chi connectivity index (χ3v) is 9.89. The van der Waals surface area contributed by atoms with E-state index in [0.29, 0.717) is 32.9 Å². The van der Waals surface area contributed by atoms with Crippen LogP contribution < -0.4 is 22.1 Å². The largest absolute Gasteiger partial charge is 0.681 e. The maximum absolute atomic E-state index is 5.91. The van der Waals surface area contributed by atoms with Gasteiger partial charge in [-0.15, -0.1) is 0 Å². The molecule has 0 saturated carbocycles. The van der Waals surface area contributed by atoms with Crippen LogP contribution in [0.1, 0.15) is 40.0 Å². The van der Waals surface area contributed by atoms with Crippen molar-refractivity contribution in [2.75, 3.05) is 87.5 Å². The minimum Gasteiger partial charge on any atom is -0.377 e. The van der Waals surface area contributed by atoms with Gasteiger partial charge in [0.2, 0.25) is 0 Å². The van der Waals surface area contributed by atoms with Gasteiger partial charge in [0, 0.05) is 80.5 Å². The summed E-state index contributed by atoms with van der Waals surface area (Å²) in [6.07, 6.45) is 2.24. The SMILES string of the molecule is CCOC(CCCNCCN)O[Si](OC)(OCC)OCC.CO[Si](CCCNCCN)(OC)OC. The van der Waals surface area contributed by atoms with Gasteiger partial charge in [0.1, 0.15) is 0 Å². The highest BCUT2D eigenvalue weighted by Crippen LogP contribution is 2.17. The van der Waals surface area contributed by atoms with Crippen molar-refractivity contribution in [1.82, 2.24) is 10.6 Å². The lowest BCUT2D eigenvalue weighted by Gasteiger charge is -2.30. The monoisotopic (exact) mass is 546 g/mol. The summed E-state index contributed by atoms with van der Waals surface area (Å²) >= 11 is 0. The molecule has 0 aromatic heterocycles. The van der Waals surface area contributed by atoms with Gasteiger partial charge in [-0.25, -0.2) is 0 Å². The number of nitrogens with two attached hydrogens (primary N) is 2. The Balaban J connectivity index is 0. The van der Waals surface area contributed by atoms with E-state index in [4.69, 9.17) is 47.2 Å². The van der Waals surface area contributed by atoms with E-state index in [1.807, 2.05) is 20.8 Å². The Morgan fingerprint density at radius 3 is 1.60 bits per heavy atom. The van der Waals surface area contributed by atoms with Crippen molar-refractivity contribution >= 4 is 17.9 Å². The van der Waals surface area contributed by atoms with Crippen molar-refractivity contribution in [2.24, 2.45) is 11.5 Å². The Bertz CT molecular complexity index is 430. The van der Waals surface area contributed by atoms with Crippen molar-refractivity contribution in [1.29, 1.82) is 0 Å². The molecule has 6 N–H and O–H groups in total. The summed E-state index contributed by atoms with van der Waals surface area (Å²) in [6.45, 7) is 12.0. The lowest BCUT2D eigenvalue weighted by molar-refractivity contribution is -0.146. The summed E-state index contributed by atoms with van der Waals surface area (Å²) < 4.78 is 44.0. The molecule has 0 aliphatic heterocycles. The maximum atomic E-state index is 5.91. The Hall–Kier alpha value is -0.0462. The summed E-state index contributed by atoms with van der Waals surface area (Å²) in [5.74, 6) is 0. The fourth-order valence-corrected chi connectivity index (χ4v) is 6.47. The van der Waals surface area contributed by atoms with Crippen LogP contribution in [0.4, 0.5) is 0 Å². The average molecular weight is 547 g/mol. The number of ether oxygens (including phenoxy) is 1. The Labute approximate surface area is 215 Å². The summed E-state index contributed by atoms with van der Waals surface area (Å²) in [6, 6.07) is 0.827. The second-order valence-corrected chi connectivity index (χ2v) is 12.5. The first-order chi connectivity index (χ1) is 16.9. The van der Waals surface area contributed by atoms with Gasteiger partial charge in [-0.1, -0.05) is 0 Å². The molecule has 0 heterocycles. The molecule has 35 heavy (non-hydrogen) atoms. The van der Waals surface area contributed by atoms with Crippen molar-refractivity contribution in [2.45, 2.75) is 52.4 Å². The van der Waals surface area contributed by atoms with Crippen LogP contribution in [0.3, 0.4) is 0 Å². The summed E-state index contributed by atoms with van der Waals surface area (Å²) in [5.41, 5.74) is 10.8. The van der Waals surface area contributed by atoms with E-state index < -0.39 is 17.9 Å². The molecule has 0 rings (SSSR count). The van der Waals surface area contributed by atoms with E-state index in [2.05, 4.69) is 10.6 Å². The molecular weight excluding hydrogens is 492 g/mol. The molecule has 0 fully saturated rings. The Kier molecular flexibility index (Phi) is 27.1. The van der Waals surface area contributed by atoms with Crippen LogP contribution in [0.5, 0.6) is 0 Å². The second-order valence-electron chi connectivity index (χ2n) is 7.19. The van der Waals surface area contributed by atoms with Crippen LogP contribution in [0.2, 0.25) is 6.04 Å². The lowest BCUT2D eigenvalue weighted by Crippen LogP contribution is -2.51. The highest BCUT2D eigenvalue weighted by molar-refractivity contribution is 6.60. The van der Waals surface area contributed by atoms with Crippen LogP contribution in [0.15, 0.2) is 0 Å². The zero-order chi connectivity index (χ0) is 26.8. The number of nitrogens with one attached hydrogen (secondary N) is 2. The van der Waals surface area contributed by atoms with E-state index in [1.54, 1.807) is 28.4 Å². The molecule has 0 aromatic carbocycles. The number of hydrogen-bond donors (Lipinski definition) is 4. The van der Waals surface area contributed by atoms with E-state index in [0.717, 1.165) is 51.5 Å². The van der Waals surface area contributed by atoms with Crippen molar-refractivity contribution in [3.63, 3.8) is 0 Å². The van der Waals surface area contributed by atoms with Crippen LogP contribution in [0, 0.1) is 0 Å². The van der Waals surface area contributed by atoms with Gasteiger partial charge in [0.15, 0.2) is 6.29 Å². The quantitative estimate of drug-likeness (QED) is 0.0764. The van der Waals surface area contributed by atoms with Crippen molar-refractivity contribution in [3.8, 4) is 0 Å². The average Bonchev–Trinajstić information content (AvgIpc) is 2.87. The fraction of sp³-hybridized carbons (Fsp3) is 1.00. The standard InChI is InChI=1S/C13H32N2O5Si.C8H22N2O3Si/c1-5-17-13(9-8-11-15-12-10-14)20-21(16-4,18-6-2)19-7-3;1-11-14(12-2,13-3)8-4-6-10-7-5-9/h13,15H,5-12,14H2,1-4H3;10H,4-9H2,1-3H3. The molecule has 1 atom stereocenters. The van der Waals surface area contributed by atoms with Gasteiger partial charge in [-0.2, -0.15) is 0 Å². The summed E-state index contributed by atoms with van der Waals surface area (Å²) in [4.78, 5) is 0. The topological polar surface area (TPSA) is 150 Å². The highest BCUT2D eigenvalue weighted by Gasteiger charge is 2.46. The predicted octanol–water partition coefficient (Wildman–Crippen LogP) is 0.652. The van der Waals surface area contributed by atoms with Gasteiger partial charge >= 0.3 is 17.9 Å². The van der Waals surface area contributed by atoms with Gasteiger partial charge in [0.25, 0.3) is 0 Å². The normalized spacial score (nSPS) is 12.9. The number of rotatable bonds is 24. The Morgan fingerprint density at radius 2 is 1.20 bits per heavy atom. The van der Waals surface area contributed by atoms with E-state index in [9.17, 15) is 0 Å². The fourth-order valence-electron chi connectivity index (χ4n) is 2.99. The third-order valence-electron chi connectivity index (χ3n) is 4.73. The molecule has 0 aromatic rings. The molecule has 0 amide bonds. The molecule has 0 bridgehead atoms.